The van der Waals surface area contributed by atoms with Gasteiger partial charge in [-0.25, -0.2) is 4.79 Å². The highest BCUT2D eigenvalue weighted by Crippen LogP contribution is 2.46. The second kappa shape index (κ2) is 7.88. The van der Waals surface area contributed by atoms with Crippen LogP contribution in [0.2, 0.25) is 0 Å². The standard InChI is InChI=1S/C24H20N2O4/c1-29-24(28)16-9-7-15(8-10-16)21-18(13-25)23(26)30-20-12-17(11-19(27)22(20)21)14-5-3-2-4-6-14/h2-10,17,21H,11-12,26H2,1H3. The number of nitrogens with two attached hydrogens (primary N) is 1. The van der Waals surface area contributed by atoms with Crippen LogP contribution in [-0.4, -0.2) is 18.9 Å². The first kappa shape index (κ1) is 19.5. The largest absolute Gasteiger partial charge is 0.465 e. The van der Waals surface area contributed by atoms with E-state index in [1.54, 1.807) is 24.3 Å². The normalized spacial score (nSPS) is 20.9. The van der Waals surface area contributed by atoms with Crippen molar-refractivity contribution in [2.75, 3.05) is 7.11 Å². The van der Waals surface area contributed by atoms with E-state index in [-0.39, 0.29) is 23.2 Å². The molecule has 0 radical (unpaired) electrons. The van der Waals surface area contributed by atoms with E-state index in [9.17, 15) is 14.9 Å². The molecule has 1 aliphatic carbocycles. The zero-order valence-corrected chi connectivity index (χ0v) is 16.4. The molecule has 0 amide bonds. The lowest BCUT2D eigenvalue weighted by molar-refractivity contribution is -0.117. The number of allylic oxidation sites excluding steroid dienone is 3. The van der Waals surface area contributed by atoms with Gasteiger partial charge in [0.15, 0.2) is 5.78 Å². The van der Waals surface area contributed by atoms with Crippen molar-refractivity contribution < 1.29 is 19.1 Å². The Labute approximate surface area is 174 Å². The van der Waals surface area contributed by atoms with Gasteiger partial charge in [0.05, 0.1) is 18.6 Å². The number of carbonyl (C=O) groups excluding carboxylic acids is 2. The Morgan fingerprint density at radius 2 is 1.80 bits per heavy atom. The lowest BCUT2D eigenvalue weighted by atomic mass is 9.73. The highest BCUT2D eigenvalue weighted by molar-refractivity contribution is 6.00. The van der Waals surface area contributed by atoms with Crippen LogP contribution in [0.3, 0.4) is 0 Å². The van der Waals surface area contributed by atoms with Crippen molar-refractivity contribution in [3.63, 3.8) is 0 Å². The number of rotatable bonds is 3. The molecule has 0 bridgehead atoms. The average molecular weight is 400 g/mol. The minimum absolute atomic E-state index is 0.00349. The van der Waals surface area contributed by atoms with Crippen LogP contribution in [0.5, 0.6) is 0 Å². The number of Topliss-reactive ketones (excluding diaryl/α,β-unsaturated/α-hetero) is 1. The summed E-state index contributed by atoms with van der Waals surface area (Å²) in [7, 11) is 1.31. The van der Waals surface area contributed by atoms with E-state index in [0.717, 1.165) is 5.56 Å². The van der Waals surface area contributed by atoms with Crippen LogP contribution < -0.4 is 5.73 Å². The molecule has 2 aliphatic rings. The van der Waals surface area contributed by atoms with Crippen molar-refractivity contribution in [2.24, 2.45) is 5.73 Å². The molecule has 0 spiro atoms. The van der Waals surface area contributed by atoms with Crippen molar-refractivity contribution in [3.05, 3.63) is 94.1 Å². The van der Waals surface area contributed by atoms with Crippen molar-refractivity contribution in [1.82, 2.24) is 0 Å². The Morgan fingerprint density at radius 3 is 2.43 bits per heavy atom. The minimum atomic E-state index is -0.616. The zero-order chi connectivity index (χ0) is 21.3. The molecule has 0 saturated heterocycles. The van der Waals surface area contributed by atoms with Gasteiger partial charge in [-0.1, -0.05) is 42.5 Å². The summed E-state index contributed by atoms with van der Waals surface area (Å²) in [4.78, 5) is 24.9. The maximum atomic E-state index is 13.2. The fourth-order valence-corrected chi connectivity index (χ4v) is 4.13. The van der Waals surface area contributed by atoms with E-state index in [2.05, 4.69) is 6.07 Å². The predicted molar refractivity (Wildman–Crippen MR) is 109 cm³/mol. The Balaban J connectivity index is 1.75. The van der Waals surface area contributed by atoms with E-state index in [4.69, 9.17) is 15.2 Å². The molecule has 0 saturated carbocycles. The van der Waals surface area contributed by atoms with Crippen LogP contribution in [0.4, 0.5) is 0 Å². The van der Waals surface area contributed by atoms with Crippen molar-refractivity contribution in [1.29, 1.82) is 5.26 Å². The predicted octanol–water partition coefficient (Wildman–Crippen LogP) is 3.68. The van der Waals surface area contributed by atoms with E-state index in [1.807, 2.05) is 30.3 Å². The summed E-state index contributed by atoms with van der Waals surface area (Å²) in [6, 6.07) is 18.6. The highest BCUT2D eigenvalue weighted by Gasteiger charge is 2.40. The van der Waals surface area contributed by atoms with Gasteiger partial charge in [0, 0.05) is 18.4 Å². The third-order valence-corrected chi connectivity index (χ3v) is 5.60. The van der Waals surface area contributed by atoms with Crippen LogP contribution in [0.25, 0.3) is 0 Å². The van der Waals surface area contributed by atoms with Crippen LogP contribution >= 0.6 is 0 Å². The number of esters is 1. The Hall–Kier alpha value is -3.85. The highest BCUT2D eigenvalue weighted by atomic mass is 16.5. The van der Waals surface area contributed by atoms with Crippen LogP contribution in [0.15, 0.2) is 77.4 Å². The number of carbonyl (C=O) groups is 2. The molecule has 4 rings (SSSR count). The topological polar surface area (TPSA) is 102 Å². The van der Waals surface area contributed by atoms with Gasteiger partial charge in [0.2, 0.25) is 5.88 Å². The summed E-state index contributed by atoms with van der Waals surface area (Å²) in [6.45, 7) is 0. The van der Waals surface area contributed by atoms with Gasteiger partial charge < -0.3 is 15.2 Å². The number of ether oxygens (including phenoxy) is 2. The summed E-state index contributed by atoms with van der Waals surface area (Å²) in [5, 5.41) is 9.70. The van der Waals surface area contributed by atoms with Gasteiger partial charge in [0.1, 0.15) is 17.4 Å². The molecular formula is C24H20N2O4. The summed E-state index contributed by atoms with van der Waals surface area (Å²) in [6.07, 6.45) is 0.864. The minimum Gasteiger partial charge on any atom is -0.465 e. The van der Waals surface area contributed by atoms with E-state index < -0.39 is 11.9 Å². The van der Waals surface area contributed by atoms with Gasteiger partial charge in [-0.2, -0.15) is 5.26 Å². The Kier molecular flexibility index (Phi) is 5.11. The van der Waals surface area contributed by atoms with Gasteiger partial charge in [-0.15, -0.1) is 0 Å². The maximum absolute atomic E-state index is 13.2. The molecule has 2 unspecified atom stereocenters. The van der Waals surface area contributed by atoms with Gasteiger partial charge in [-0.05, 0) is 29.2 Å². The number of methoxy groups -OCH3 is 1. The van der Waals surface area contributed by atoms with Crippen LogP contribution in [-0.2, 0) is 14.3 Å². The molecule has 0 aromatic heterocycles. The fourth-order valence-electron chi connectivity index (χ4n) is 4.13. The summed E-state index contributed by atoms with van der Waals surface area (Å²) in [5.74, 6) is -0.611. The third kappa shape index (κ3) is 3.35. The first-order valence-electron chi connectivity index (χ1n) is 9.60. The van der Waals surface area contributed by atoms with Crippen LogP contribution in [0, 0.1) is 11.3 Å². The smallest absolute Gasteiger partial charge is 0.337 e. The van der Waals surface area contributed by atoms with Gasteiger partial charge >= 0.3 is 5.97 Å². The summed E-state index contributed by atoms with van der Waals surface area (Å²) >= 11 is 0. The molecular weight excluding hydrogens is 380 g/mol. The first-order valence-corrected chi connectivity index (χ1v) is 9.60. The SMILES string of the molecule is COC(=O)c1ccc(C2C(C#N)=C(N)OC3=C2C(=O)CC(c2ccccc2)C3)cc1. The van der Waals surface area contributed by atoms with Crippen molar-refractivity contribution >= 4 is 11.8 Å². The lowest BCUT2D eigenvalue weighted by Gasteiger charge is -2.34. The number of nitrogens with zero attached hydrogens (tertiary/aromatic N) is 1. The molecule has 0 fully saturated rings. The second-order valence-electron chi connectivity index (χ2n) is 7.31. The number of benzene rings is 2. The molecule has 1 heterocycles. The lowest BCUT2D eigenvalue weighted by Crippen LogP contribution is -2.29. The average Bonchev–Trinajstić information content (AvgIpc) is 2.78. The van der Waals surface area contributed by atoms with E-state index in [0.29, 0.717) is 35.3 Å². The van der Waals surface area contributed by atoms with E-state index >= 15 is 0 Å². The quantitative estimate of drug-likeness (QED) is 0.789. The van der Waals surface area contributed by atoms with E-state index in [1.165, 1.54) is 7.11 Å². The third-order valence-electron chi connectivity index (χ3n) is 5.60. The molecule has 2 N–H and O–H groups in total. The van der Waals surface area contributed by atoms with Gasteiger partial charge in [-0.3, -0.25) is 4.79 Å². The molecule has 6 nitrogen and oxygen atoms in total. The molecule has 1 aliphatic heterocycles. The second-order valence-corrected chi connectivity index (χ2v) is 7.31. The fraction of sp³-hybridized carbons (Fsp3) is 0.208. The maximum Gasteiger partial charge on any atom is 0.337 e. The Bertz CT molecular complexity index is 1110. The monoisotopic (exact) mass is 400 g/mol. The number of hydrogen-bond donors (Lipinski definition) is 1. The number of ketones is 1. The molecule has 150 valence electrons. The summed E-state index contributed by atoms with van der Waals surface area (Å²) < 4.78 is 10.5. The molecule has 2 aromatic carbocycles. The van der Waals surface area contributed by atoms with Crippen molar-refractivity contribution in [3.8, 4) is 6.07 Å². The molecule has 6 heteroatoms. The molecule has 30 heavy (non-hydrogen) atoms. The Morgan fingerprint density at radius 1 is 1.10 bits per heavy atom. The summed E-state index contributed by atoms with van der Waals surface area (Å²) in [5.41, 5.74) is 8.89. The zero-order valence-electron chi connectivity index (χ0n) is 16.4. The molecule has 2 aromatic rings. The van der Waals surface area contributed by atoms with Gasteiger partial charge in [0.25, 0.3) is 0 Å². The van der Waals surface area contributed by atoms with Crippen LogP contribution in [0.1, 0.15) is 46.2 Å². The number of nitriles is 1. The molecule has 2 atom stereocenters. The first-order chi connectivity index (χ1) is 14.5. The van der Waals surface area contributed by atoms with Crippen molar-refractivity contribution in [2.45, 2.75) is 24.7 Å². The number of hydrogen-bond acceptors (Lipinski definition) is 6.